The Kier molecular flexibility index (Phi) is 4.05. The van der Waals surface area contributed by atoms with Crippen LogP contribution >= 0.6 is 0 Å². The first kappa shape index (κ1) is 16.2. The Hall–Kier alpha value is -1.15. The normalized spacial score (nSPS) is 24.3. The smallest absolute Gasteiger partial charge is 0.244 e. The van der Waals surface area contributed by atoms with Crippen molar-refractivity contribution in [1.29, 1.82) is 0 Å². The molecule has 0 spiro atoms. The second kappa shape index (κ2) is 5.24. The van der Waals surface area contributed by atoms with Crippen LogP contribution in [-0.2, 0) is 14.6 Å². The van der Waals surface area contributed by atoms with Crippen LogP contribution in [-0.4, -0.2) is 49.5 Å². The fourth-order valence-corrected chi connectivity index (χ4v) is 2.93. The van der Waals surface area contributed by atoms with Gasteiger partial charge in [0.05, 0.1) is 0 Å². The molecule has 0 aliphatic carbocycles. The topological polar surface area (TPSA) is 105 Å². The van der Waals surface area contributed by atoms with Crippen LogP contribution in [0.5, 0.6) is 0 Å². The van der Waals surface area contributed by atoms with Gasteiger partial charge in [0.25, 0.3) is 0 Å². The number of nitrogens with zero attached hydrogens (tertiary/aromatic N) is 3. The summed E-state index contributed by atoms with van der Waals surface area (Å²) in [5.74, 6) is 0.932. The molecule has 3 N–H and O–H groups in total. The predicted molar refractivity (Wildman–Crippen MR) is 82.9 cm³/mol. The van der Waals surface area contributed by atoms with E-state index in [0.717, 1.165) is 25.9 Å². The number of anilines is 1. The highest BCUT2D eigenvalue weighted by Crippen LogP contribution is 2.31. The Bertz CT molecular complexity index is 610. The van der Waals surface area contributed by atoms with Gasteiger partial charge in [-0.05, 0) is 38.6 Å². The summed E-state index contributed by atoms with van der Waals surface area (Å²) in [4.78, 5) is 6.49. The summed E-state index contributed by atoms with van der Waals surface area (Å²) in [5, 5.41) is 6.99. The Labute approximate surface area is 126 Å². The van der Waals surface area contributed by atoms with Gasteiger partial charge < -0.3 is 10.6 Å². The van der Waals surface area contributed by atoms with Crippen LogP contribution in [0.4, 0.5) is 5.95 Å². The lowest BCUT2D eigenvalue weighted by Crippen LogP contribution is -2.46. The van der Waals surface area contributed by atoms with Crippen LogP contribution in [0.3, 0.4) is 0 Å². The molecule has 1 aromatic heterocycles. The summed E-state index contributed by atoms with van der Waals surface area (Å²) < 4.78 is 22.7. The maximum atomic E-state index is 11.9. The summed E-state index contributed by atoms with van der Waals surface area (Å²) in [7, 11) is -3.27. The number of hydrogen-bond donors (Lipinski definition) is 2. The van der Waals surface area contributed by atoms with Crippen molar-refractivity contribution in [2.75, 3.05) is 30.8 Å². The number of sulfone groups is 1. The summed E-state index contributed by atoms with van der Waals surface area (Å²) in [6.07, 6.45) is 3.33. The highest BCUT2D eigenvalue weighted by Gasteiger charge is 2.37. The summed E-state index contributed by atoms with van der Waals surface area (Å²) in [6, 6.07) is 0. The zero-order valence-corrected chi connectivity index (χ0v) is 14.0. The van der Waals surface area contributed by atoms with E-state index < -0.39 is 14.6 Å². The highest BCUT2D eigenvalue weighted by molar-refractivity contribution is 7.91. The molecular formula is C13H25N5O2S. The lowest BCUT2D eigenvalue weighted by atomic mass is 9.82. The van der Waals surface area contributed by atoms with Crippen LogP contribution < -0.4 is 10.6 Å². The van der Waals surface area contributed by atoms with Gasteiger partial charge in [0.15, 0.2) is 9.84 Å². The lowest BCUT2D eigenvalue weighted by molar-refractivity contribution is 0.270. The van der Waals surface area contributed by atoms with Crippen molar-refractivity contribution < 1.29 is 8.42 Å². The van der Waals surface area contributed by atoms with E-state index in [-0.39, 0.29) is 5.41 Å². The quantitative estimate of drug-likeness (QED) is 0.845. The molecule has 120 valence electrons. The minimum Gasteiger partial charge on any atom is -0.339 e. The van der Waals surface area contributed by atoms with Crippen molar-refractivity contribution in [1.82, 2.24) is 15.2 Å². The van der Waals surface area contributed by atoms with Gasteiger partial charge in [-0.25, -0.2) is 8.42 Å². The molecule has 0 aromatic carbocycles. The lowest BCUT2D eigenvalue weighted by Gasteiger charge is -2.39. The van der Waals surface area contributed by atoms with Crippen molar-refractivity contribution >= 4 is 15.8 Å². The largest absolute Gasteiger partial charge is 0.339 e. The molecular weight excluding hydrogens is 290 g/mol. The zero-order chi connectivity index (χ0) is 15.9. The van der Waals surface area contributed by atoms with E-state index in [9.17, 15) is 8.42 Å². The molecule has 1 atom stereocenters. The zero-order valence-electron chi connectivity index (χ0n) is 13.2. The third-order valence-electron chi connectivity index (χ3n) is 4.53. The third kappa shape index (κ3) is 3.06. The van der Waals surface area contributed by atoms with Crippen LogP contribution in [0, 0.1) is 5.41 Å². The Balaban J connectivity index is 2.25. The van der Waals surface area contributed by atoms with Crippen LogP contribution in [0.1, 0.15) is 39.4 Å². The molecule has 1 fully saturated rings. The van der Waals surface area contributed by atoms with E-state index in [0.29, 0.717) is 18.3 Å². The minimum absolute atomic E-state index is 0.0609. The van der Waals surface area contributed by atoms with E-state index in [1.807, 2.05) is 0 Å². The molecule has 1 aliphatic heterocycles. The monoisotopic (exact) mass is 315 g/mol. The fourth-order valence-electron chi connectivity index (χ4n) is 2.49. The Morgan fingerprint density at radius 3 is 2.71 bits per heavy atom. The van der Waals surface area contributed by atoms with E-state index in [1.165, 1.54) is 6.26 Å². The van der Waals surface area contributed by atoms with Crippen molar-refractivity contribution in [2.45, 2.75) is 38.4 Å². The van der Waals surface area contributed by atoms with Crippen molar-refractivity contribution in [3.63, 3.8) is 0 Å². The highest BCUT2D eigenvalue weighted by atomic mass is 32.2. The molecule has 1 aromatic rings. The number of nitrogens with two attached hydrogens (primary N) is 1. The van der Waals surface area contributed by atoms with Gasteiger partial charge in [-0.3, -0.25) is 5.10 Å². The minimum atomic E-state index is -3.27. The first-order valence-electron chi connectivity index (χ1n) is 7.17. The summed E-state index contributed by atoms with van der Waals surface area (Å²) in [5.41, 5.74) is 5.92. The van der Waals surface area contributed by atoms with Crippen molar-refractivity contribution in [3.8, 4) is 0 Å². The summed E-state index contributed by atoms with van der Waals surface area (Å²) >= 11 is 0. The first-order chi connectivity index (χ1) is 9.59. The second-order valence-electron chi connectivity index (χ2n) is 6.81. The molecule has 0 saturated carbocycles. The molecule has 0 amide bonds. The standard InChI is InChI=1S/C13H25N5O2S/c1-12(2,21(4,19)20)10-15-11(17-16-10)18-7-5-6-13(3,8-14)9-18/h5-9,14H2,1-4H3,(H,15,16,17). The molecule has 7 nitrogen and oxygen atoms in total. The number of hydrogen-bond acceptors (Lipinski definition) is 6. The average Bonchev–Trinajstić information content (AvgIpc) is 2.87. The first-order valence-corrected chi connectivity index (χ1v) is 9.06. The number of rotatable bonds is 4. The Morgan fingerprint density at radius 1 is 1.48 bits per heavy atom. The molecule has 0 bridgehead atoms. The molecule has 8 heteroatoms. The Morgan fingerprint density at radius 2 is 2.14 bits per heavy atom. The second-order valence-corrected chi connectivity index (χ2v) is 9.37. The number of aromatic nitrogens is 3. The fraction of sp³-hybridized carbons (Fsp3) is 0.846. The van der Waals surface area contributed by atoms with E-state index in [2.05, 4.69) is 27.0 Å². The van der Waals surface area contributed by atoms with E-state index in [4.69, 9.17) is 5.73 Å². The van der Waals surface area contributed by atoms with Gasteiger partial charge >= 0.3 is 0 Å². The third-order valence-corrected chi connectivity index (χ3v) is 6.57. The van der Waals surface area contributed by atoms with E-state index >= 15 is 0 Å². The van der Waals surface area contributed by atoms with Crippen LogP contribution in [0.25, 0.3) is 0 Å². The predicted octanol–water partition coefficient (Wildman–Crippen LogP) is 0.650. The molecule has 0 radical (unpaired) electrons. The van der Waals surface area contributed by atoms with Crippen LogP contribution in [0.15, 0.2) is 0 Å². The maximum absolute atomic E-state index is 11.9. The summed E-state index contributed by atoms with van der Waals surface area (Å²) in [6.45, 7) is 7.70. The van der Waals surface area contributed by atoms with Gasteiger partial charge in [-0.2, -0.15) is 4.98 Å². The molecule has 2 rings (SSSR count). The van der Waals surface area contributed by atoms with Crippen molar-refractivity contribution in [2.24, 2.45) is 11.1 Å². The molecule has 1 aliphatic rings. The van der Waals surface area contributed by atoms with Gasteiger partial charge in [0.2, 0.25) is 5.95 Å². The van der Waals surface area contributed by atoms with Gasteiger partial charge in [0.1, 0.15) is 10.6 Å². The molecule has 2 heterocycles. The number of H-pyrrole nitrogens is 1. The molecule has 1 saturated heterocycles. The van der Waals surface area contributed by atoms with E-state index in [1.54, 1.807) is 13.8 Å². The van der Waals surface area contributed by atoms with Gasteiger partial charge in [-0.15, -0.1) is 5.10 Å². The molecule has 21 heavy (non-hydrogen) atoms. The maximum Gasteiger partial charge on any atom is 0.244 e. The number of nitrogens with one attached hydrogen (secondary N) is 1. The van der Waals surface area contributed by atoms with Gasteiger partial charge in [0, 0.05) is 19.3 Å². The molecule has 1 unspecified atom stereocenters. The van der Waals surface area contributed by atoms with Crippen LogP contribution in [0.2, 0.25) is 0 Å². The van der Waals surface area contributed by atoms with Gasteiger partial charge in [-0.1, -0.05) is 6.92 Å². The SMILES string of the molecule is CC1(CN)CCCN(c2n[nH]c(C(C)(C)S(C)(=O)=O)n2)C1. The number of aromatic amines is 1. The average molecular weight is 315 g/mol. The van der Waals surface area contributed by atoms with Crippen molar-refractivity contribution in [3.05, 3.63) is 5.82 Å². The number of piperidine rings is 1.